The molecule has 2 rings (SSSR count). The molecule has 0 unspecified atom stereocenters. The van der Waals surface area contributed by atoms with Crippen molar-refractivity contribution in [1.29, 1.82) is 0 Å². The van der Waals surface area contributed by atoms with E-state index in [1.165, 1.54) is 0 Å². The first-order chi connectivity index (χ1) is 12.9. The fourth-order valence-corrected chi connectivity index (χ4v) is 3.67. The molecular weight excluding hydrogens is 380 g/mol. The molecule has 2 amide bonds. The normalized spacial score (nSPS) is 12.0. The number of hydrogen-bond donors (Lipinski definition) is 0. The van der Waals surface area contributed by atoms with Gasteiger partial charge in [-0.2, -0.15) is 0 Å². The van der Waals surface area contributed by atoms with E-state index < -0.39 is 5.38 Å². The van der Waals surface area contributed by atoms with E-state index in [0.717, 1.165) is 10.4 Å². The van der Waals surface area contributed by atoms with Gasteiger partial charge in [-0.15, -0.1) is 22.9 Å². The van der Waals surface area contributed by atoms with Crippen LogP contribution in [0.15, 0.2) is 47.8 Å². The SMILES string of the molecule is CC(C)CN(CC(=O)N(Cc1ccccc1)Cc1cccs1)C(=O)[C@H](C)Cl. The second kappa shape index (κ2) is 10.5. The number of amides is 2. The predicted molar refractivity (Wildman–Crippen MR) is 112 cm³/mol. The highest BCUT2D eigenvalue weighted by Crippen LogP contribution is 2.16. The van der Waals surface area contributed by atoms with Crippen molar-refractivity contribution in [2.45, 2.75) is 39.2 Å². The molecule has 0 saturated heterocycles. The highest BCUT2D eigenvalue weighted by atomic mass is 35.5. The molecule has 1 aromatic carbocycles. The molecule has 0 aliphatic carbocycles. The summed E-state index contributed by atoms with van der Waals surface area (Å²) in [4.78, 5) is 30.0. The van der Waals surface area contributed by atoms with Crippen molar-refractivity contribution in [3.05, 3.63) is 58.3 Å². The predicted octanol–water partition coefficient (Wildman–Crippen LogP) is 4.39. The maximum atomic E-state index is 13.1. The molecule has 0 aliphatic rings. The van der Waals surface area contributed by atoms with Crippen molar-refractivity contribution in [2.24, 2.45) is 5.92 Å². The second-order valence-electron chi connectivity index (χ2n) is 7.04. The van der Waals surface area contributed by atoms with Gasteiger partial charge >= 0.3 is 0 Å². The Bertz CT molecular complexity index is 717. The standard InChI is InChI=1S/C21H27ClN2O2S/c1-16(2)12-24(21(26)17(3)22)15-20(25)23(14-19-10-7-11-27-19)13-18-8-5-4-6-9-18/h4-11,16-17H,12-15H2,1-3H3/t17-/m0/s1. The largest absolute Gasteiger partial charge is 0.332 e. The van der Waals surface area contributed by atoms with Crippen molar-refractivity contribution in [1.82, 2.24) is 9.80 Å². The van der Waals surface area contributed by atoms with Crippen LogP contribution in [0.3, 0.4) is 0 Å². The van der Waals surface area contributed by atoms with Crippen LogP contribution < -0.4 is 0 Å². The Morgan fingerprint density at radius 2 is 1.70 bits per heavy atom. The zero-order valence-corrected chi connectivity index (χ0v) is 17.7. The first-order valence-electron chi connectivity index (χ1n) is 9.13. The van der Waals surface area contributed by atoms with Crippen molar-refractivity contribution in [2.75, 3.05) is 13.1 Å². The number of hydrogen-bond acceptors (Lipinski definition) is 3. The lowest BCUT2D eigenvalue weighted by Gasteiger charge is -2.29. The third-order valence-corrected chi connectivity index (χ3v) is 5.11. The summed E-state index contributed by atoms with van der Waals surface area (Å²) < 4.78 is 0. The van der Waals surface area contributed by atoms with E-state index >= 15 is 0 Å². The summed E-state index contributed by atoms with van der Waals surface area (Å²) in [6.07, 6.45) is 0. The van der Waals surface area contributed by atoms with Crippen molar-refractivity contribution >= 4 is 34.8 Å². The van der Waals surface area contributed by atoms with Crippen LogP contribution in [-0.2, 0) is 22.7 Å². The summed E-state index contributed by atoms with van der Waals surface area (Å²) in [5.41, 5.74) is 1.06. The Hall–Kier alpha value is -1.85. The topological polar surface area (TPSA) is 40.6 Å². The summed E-state index contributed by atoms with van der Waals surface area (Å²) >= 11 is 7.62. The van der Waals surface area contributed by atoms with E-state index in [-0.39, 0.29) is 24.3 Å². The summed E-state index contributed by atoms with van der Waals surface area (Å²) in [7, 11) is 0. The van der Waals surface area contributed by atoms with Crippen molar-refractivity contribution < 1.29 is 9.59 Å². The van der Waals surface area contributed by atoms with Gasteiger partial charge in [0.2, 0.25) is 11.8 Å². The number of nitrogens with zero attached hydrogens (tertiary/aromatic N) is 2. The van der Waals surface area contributed by atoms with E-state index in [4.69, 9.17) is 11.6 Å². The van der Waals surface area contributed by atoms with Gasteiger partial charge in [0.1, 0.15) is 5.38 Å². The van der Waals surface area contributed by atoms with Crippen LogP contribution >= 0.6 is 22.9 Å². The van der Waals surface area contributed by atoms with E-state index in [1.807, 2.05) is 61.7 Å². The number of thiophene rings is 1. The van der Waals surface area contributed by atoms with E-state index in [1.54, 1.807) is 28.1 Å². The Kier molecular flexibility index (Phi) is 8.32. The van der Waals surface area contributed by atoms with Crippen LogP contribution in [0.1, 0.15) is 31.2 Å². The molecule has 0 aliphatic heterocycles. The zero-order chi connectivity index (χ0) is 19.8. The molecule has 1 atom stereocenters. The quantitative estimate of drug-likeness (QED) is 0.579. The van der Waals surface area contributed by atoms with Crippen LogP contribution in [-0.4, -0.2) is 40.1 Å². The minimum atomic E-state index is -0.642. The molecule has 27 heavy (non-hydrogen) atoms. The molecule has 0 N–H and O–H groups in total. The number of carbonyl (C=O) groups is 2. The number of benzene rings is 1. The average molecular weight is 407 g/mol. The molecular formula is C21H27ClN2O2S. The first-order valence-corrected chi connectivity index (χ1v) is 10.5. The van der Waals surface area contributed by atoms with E-state index in [9.17, 15) is 9.59 Å². The lowest BCUT2D eigenvalue weighted by atomic mass is 10.2. The van der Waals surface area contributed by atoms with Crippen LogP contribution in [0.5, 0.6) is 0 Å². The Labute approximate surface area is 170 Å². The molecule has 1 aromatic heterocycles. The van der Waals surface area contributed by atoms with Crippen molar-refractivity contribution in [3.8, 4) is 0 Å². The van der Waals surface area contributed by atoms with Gasteiger partial charge in [-0.1, -0.05) is 50.2 Å². The van der Waals surface area contributed by atoms with Gasteiger partial charge in [-0.25, -0.2) is 0 Å². The van der Waals surface area contributed by atoms with Gasteiger partial charge in [0.15, 0.2) is 0 Å². The third kappa shape index (κ3) is 7.00. The van der Waals surface area contributed by atoms with Crippen LogP contribution in [0.4, 0.5) is 0 Å². The van der Waals surface area contributed by atoms with Gasteiger partial charge < -0.3 is 9.80 Å². The lowest BCUT2D eigenvalue weighted by Crippen LogP contribution is -2.45. The molecule has 2 aromatic rings. The molecule has 0 radical (unpaired) electrons. The number of rotatable bonds is 9. The molecule has 0 spiro atoms. The zero-order valence-electron chi connectivity index (χ0n) is 16.1. The maximum Gasteiger partial charge on any atom is 0.242 e. The van der Waals surface area contributed by atoms with E-state index in [0.29, 0.717) is 19.6 Å². The summed E-state index contributed by atoms with van der Waals surface area (Å²) in [5, 5.41) is 1.36. The number of alkyl halides is 1. The highest BCUT2D eigenvalue weighted by Gasteiger charge is 2.25. The molecule has 0 bridgehead atoms. The Balaban J connectivity index is 2.16. The molecule has 1 heterocycles. The molecule has 4 nitrogen and oxygen atoms in total. The minimum absolute atomic E-state index is 0.0479. The second-order valence-corrected chi connectivity index (χ2v) is 8.73. The average Bonchev–Trinajstić information content (AvgIpc) is 3.13. The highest BCUT2D eigenvalue weighted by molar-refractivity contribution is 7.09. The Morgan fingerprint density at radius 3 is 2.26 bits per heavy atom. The fourth-order valence-electron chi connectivity index (χ4n) is 2.81. The molecule has 0 saturated carbocycles. The smallest absolute Gasteiger partial charge is 0.242 e. The molecule has 0 fully saturated rings. The van der Waals surface area contributed by atoms with Crippen molar-refractivity contribution in [3.63, 3.8) is 0 Å². The summed E-state index contributed by atoms with van der Waals surface area (Å²) in [6, 6.07) is 13.9. The van der Waals surface area contributed by atoms with Gasteiger partial charge in [0, 0.05) is 18.0 Å². The lowest BCUT2D eigenvalue weighted by molar-refractivity contribution is -0.141. The Morgan fingerprint density at radius 1 is 1.00 bits per heavy atom. The van der Waals surface area contributed by atoms with Gasteiger partial charge in [-0.3, -0.25) is 9.59 Å². The van der Waals surface area contributed by atoms with Gasteiger partial charge in [0.05, 0.1) is 13.1 Å². The van der Waals surface area contributed by atoms with Gasteiger partial charge in [0.25, 0.3) is 0 Å². The maximum absolute atomic E-state index is 13.1. The van der Waals surface area contributed by atoms with Crippen LogP contribution in [0, 0.1) is 5.92 Å². The molecule has 6 heteroatoms. The summed E-state index contributed by atoms with van der Waals surface area (Å²) in [6.45, 7) is 7.30. The monoisotopic (exact) mass is 406 g/mol. The van der Waals surface area contributed by atoms with Crippen LogP contribution in [0.2, 0.25) is 0 Å². The number of carbonyl (C=O) groups excluding carboxylic acids is 2. The summed E-state index contributed by atoms with van der Waals surface area (Å²) in [5.74, 6) is -0.00916. The van der Waals surface area contributed by atoms with Gasteiger partial charge in [-0.05, 0) is 29.9 Å². The minimum Gasteiger partial charge on any atom is -0.332 e. The number of halogens is 1. The fraction of sp³-hybridized carbons (Fsp3) is 0.429. The third-order valence-electron chi connectivity index (χ3n) is 4.06. The van der Waals surface area contributed by atoms with Crippen LogP contribution in [0.25, 0.3) is 0 Å². The molecule has 146 valence electrons. The van der Waals surface area contributed by atoms with E-state index in [2.05, 4.69) is 0 Å². The first kappa shape index (κ1) is 21.5.